The van der Waals surface area contributed by atoms with Crippen molar-refractivity contribution >= 4 is 17.7 Å². The number of hydrogen-bond donors (Lipinski definition) is 2. The molecule has 2 amide bonds. The monoisotopic (exact) mass is 436 g/mol. The van der Waals surface area contributed by atoms with Gasteiger partial charge in [0, 0.05) is 36.8 Å². The second kappa shape index (κ2) is 12.9. The number of carbonyl (C=O) groups is 2. The number of alkyl carbamates (subject to hydrolysis) is 1. The van der Waals surface area contributed by atoms with E-state index in [9.17, 15) is 19.7 Å². The van der Waals surface area contributed by atoms with Crippen LogP contribution in [0.25, 0.3) is 0 Å². The molecule has 0 aliphatic carbocycles. The Morgan fingerprint density at radius 3 is 2.26 bits per heavy atom. The molecule has 0 aliphatic heterocycles. The smallest absolute Gasteiger partial charge is 0.407 e. The molecule has 0 spiro atoms. The van der Waals surface area contributed by atoms with Gasteiger partial charge in [0.25, 0.3) is 11.6 Å². The summed E-state index contributed by atoms with van der Waals surface area (Å²) >= 11 is 0. The lowest BCUT2D eigenvalue weighted by molar-refractivity contribution is -0.384. The minimum atomic E-state index is -0.527. The van der Waals surface area contributed by atoms with Gasteiger partial charge in [-0.25, -0.2) is 4.79 Å². The normalized spacial score (nSPS) is 12.3. The number of nitro groups is 1. The summed E-state index contributed by atoms with van der Waals surface area (Å²) in [6.45, 7) is 12.6. The Kier molecular flexibility index (Phi) is 11.0. The van der Waals surface area contributed by atoms with Crippen molar-refractivity contribution in [2.24, 2.45) is 0 Å². The number of rotatable bonds is 12. The topological polar surface area (TPSA) is 114 Å². The van der Waals surface area contributed by atoms with Crippen molar-refractivity contribution in [3.05, 3.63) is 39.9 Å². The highest BCUT2D eigenvalue weighted by molar-refractivity contribution is 5.94. The first-order valence-corrected chi connectivity index (χ1v) is 10.8. The van der Waals surface area contributed by atoms with Crippen molar-refractivity contribution in [1.29, 1.82) is 0 Å². The molecule has 1 rings (SSSR count). The van der Waals surface area contributed by atoms with E-state index in [-0.39, 0.29) is 17.6 Å². The molecule has 0 aromatic heterocycles. The molecule has 0 heterocycles. The van der Waals surface area contributed by atoms with Crippen LogP contribution in [0.2, 0.25) is 0 Å². The number of likely N-dealkylation sites (N-methyl/N-ethyl adjacent to an activating group) is 1. The van der Waals surface area contributed by atoms with E-state index in [0.29, 0.717) is 18.7 Å². The first-order chi connectivity index (χ1) is 14.6. The van der Waals surface area contributed by atoms with Gasteiger partial charge in [-0.05, 0) is 65.3 Å². The van der Waals surface area contributed by atoms with Crippen molar-refractivity contribution in [2.75, 3.05) is 26.2 Å². The van der Waals surface area contributed by atoms with Gasteiger partial charge in [-0.15, -0.1) is 0 Å². The highest BCUT2D eigenvalue weighted by atomic mass is 16.6. The average Bonchev–Trinajstić information content (AvgIpc) is 2.70. The average molecular weight is 437 g/mol. The van der Waals surface area contributed by atoms with Crippen molar-refractivity contribution in [3.8, 4) is 0 Å². The molecule has 0 saturated carbocycles. The lowest BCUT2D eigenvalue weighted by atomic mass is 10.1. The van der Waals surface area contributed by atoms with Gasteiger partial charge in [-0.2, -0.15) is 0 Å². The van der Waals surface area contributed by atoms with Crippen LogP contribution in [0.1, 0.15) is 64.2 Å². The Bertz CT molecular complexity index is 712. The molecule has 0 saturated heterocycles. The molecule has 1 unspecified atom stereocenters. The Morgan fingerprint density at radius 1 is 1.13 bits per heavy atom. The quantitative estimate of drug-likeness (QED) is 0.293. The van der Waals surface area contributed by atoms with Gasteiger partial charge in [0.05, 0.1) is 4.92 Å². The van der Waals surface area contributed by atoms with E-state index in [1.54, 1.807) is 0 Å². The number of hydrogen-bond acceptors (Lipinski definition) is 6. The van der Waals surface area contributed by atoms with Crippen LogP contribution < -0.4 is 10.6 Å². The maximum absolute atomic E-state index is 12.6. The third kappa shape index (κ3) is 10.8. The fourth-order valence-corrected chi connectivity index (χ4v) is 3.03. The Balaban J connectivity index is 2.59. The fraction of sp³-hybridized carbons (Fsp3) is 0.636. The highest BCUT2D eigenvalue weighted by Crippen LogP contribution is 2.13. The molecule has 2 N–H and O–H groups in total. The van der Waals surface area contributed by atoms with Gasteiger partial charge in [0.2, 0.25) is 0 Å². The van der Waals surface area contributed by atoms with Crippen LogP contribution in [0.4, 0.5) is 10.5 Å². The molecule has 0 fully saturated rings. The third-order valence-electron chi connectivity index (χ3n) is 4.70. The van der Waals surface area contributed by atoms with Crippen LogP contribution in [0, 0.1) is 10.1 Å². The van der Waals surface area contributed by atoms with Crippen LogP contribution in [0.3, 0.4) is 0 Å². The van der Waals surface area contributed by atoms with Gasteiger partial charge in [0.15, 0.2) is 0 Å². The second-order valence-corrected chi connectivity index (χ2v) is 8.38. The molecule has 0 bridgehead atoms. The largest absolute Gasteiger partial charge is 0.444 e. The zero-order valence-corrected chi connectivity index (χ0v) is 19.3. The number of nitrogens with zero attached hydrogens (tertiary/aromatic N) is 2. The number of carbonyl (C=O) groups excluding carboxylic acids is 2. The molecule has 9 nitrogen and oxygen atoms in total. The van der Waals surface area contributed by atoms with E-state index in [4.69, 9.17) is 4.74 Å². The number of benzene rings is 1. The van der Waals surface area contributed by atoms with Crippen LogP contribution >= 0.6 is 0 Å². The molecule has 0 aliphatic rings. The van der Waals surface area contributed by atoms with Crippen molar-refractivity contribution in [2.45, 2.75) is 65.5 Å². The fourth-order valence-electron chi connectivity index (χ4n) is 3.03. The number of amides is 2. The molecule has 31 heavy (non-hydrogen) atoms. The minimum absolute atomic E-state index is 0.0475. The predicted octanol–water partition coefficient (Wildman–Crippen LogP) is 3.73. The van der Waals surface area contributed by atoms with Gasteiger partial charge in [-0.3, -0.25) is 14.9 Å². The number of nitro benzene ring substituents is 1. The summed E-state index contributed by atoms with van der Waals surface area (Å²) in [5.41, 5.74) is -0.184. The van der Waals surface area contributed by atoms with Crippen LogP contribution in [0.5, 0.6) is 0 Å². The summed E-state index contributed by atoms with van der Waals surface area (Å²) in [5.74, 6) is -0.251. The van der Waals surface area contributed by atoms with E-state index >= 15 is 0 Å². The zero-order chi connectivity index (χ0) is 23.4. The van der Waals surface area contributed by atoms with Gasteiger partial charge >= 0.3 is 6.09 Å². The van der Waals surface area contributed by atoms with Crippen molar-refractivity contribution in [1.82, 2.24) is 15.5 Å². The molecule has 1 aromatic carbocycles. The van der Waals surface area contributed by atoms with E-state index in [1.165, 1.54) is 24.3 Å². The number of unbranched alkanes of at least 4 members (excludes halogenated alkanes) is 1. The Labute approximate surface area is 184 Å². The van der Waals surface area contributed by atoms with E-state index < -0.39 is 16.6 Å². The molecule has 9 heteroatoms. The summed E-state index contributed by atoms with van der Waals surface area (Å²) in [6, 6.07) is 5.52. The molecule has 1 aromatic rings. The van der Waals surface area contributed by atoms with Gasteiger partial charge in [-0.1, -0.05) is 13.8 Å². The number of ether oxygens (including phenoxy) is 1. The van der Waals surface area contributed by atoms with Crippen LogP contribution in [-0.4, -0.2) is 59.6 Å². The lowest BCUT2D eigenvalue weighted by Crippen LogP contribution is -2.44. The standard InChI is InChI=1S/C22H36N4O5/c1-6-25(7-2)16-18(10-8-9-15-23-21(28)31-22(3,4)5)24-20(27)17-11-13-19(14-12-17)26(29)30/h11-14,18H,6-10,15-16H2,1-5H3,(H,23,28)(H,24,27). The van der Waals surface area contributed by atoms with Crippen molar-refractivity contribution in [3.63, 3.8) is 0 Å². The van der Waals surface area contributed by atoms with Crippen LogP contribution in [-0.2, 0) is 4.74 Å². The molecule has 1 atom stereocenters. The second-order valence-electron chi connectivity index (χ2n) is 8.38. The summed E-state index contributed by atoms with van der Waals surface area (Å²) < 4.78 is 5.22. The van der Waals surface area contributed by atoms with Crippen molar-refractivity contribution < 1.29 is 19.2 Å². The zero-order valence-electron chi connectivity index (χ0n) is 19.3. The summed E-state index contributed by atoms with van der Waals surface area (Å²) in [5, 5.41) is 16.6. The van der Waals surface area contributed by atoms with Gasteiger partial charge in [0.1, 0.15) is 5.60 Å². The highest BCUT2D eigenvalue weighted by Gasteiger charge is 2.18. The minimum Gasteiger partial charge on any atom is -0.444 e. The third-order valence-corrected chi connectivity index (χ3v) is 4.70. The number of non-ortho nitro benzene ring substituents is 1. The summed E-state index contributed by atoms with van der Waals surface area (Å²) in [6.07, 6.45) is 1.91. The maximum Gasteiger partial charge on any atom is 0.407 e. The van der Waals surface area contributed by atoms with Crippen LogP contribution in [0.15, 0.2) is 24.3 Å². The van der Waals surface area contributed by atoms with E-state index in [0.717, 1.165) is 32.4 Å². The van der Waals surface area contributed by atoms with Gasteiger partial charge < -0.3 is 20.3 Å². The van der Waals surface area contributed by atoms with E-state index in [2.05, 4.69) is 29.4 Å². The summed E-state index contributed by atoms with van der Waals surface area (Å²) in [4.78, 5) is 36.9. The first-order valence-electron chi connectivity index (χ1n) is 10.8. The summed E-state index contributed by atoms with van der Waals surface area (Å²) in [7, 11) is 0. The Hall–Kier alpha value is -2.68. The number of nitrogens with one attached hydrogen (secondary N) is 2. The lowest BCUT2D eigenvalue weighted by Gasteiger charge is -2.26. The SMILES string of the molecule is CCN(CC)CC(CCCCNC(=O)OC(C)(C)C)NC(=O)c1ccc([N+](=O)[O-])cc1. The molecule has 174 valence electrons. The Morgan fingerprint density at radius 2 is 1.74 bits per heavy atom. The molecular weight excluding hydrogens is 400 g/mol. The predicted molar refractivity (Wildman–Crippen MR) is 120 cm³/mol. The maximum atomic E-state index is 12.6. The molecular formula is C22H36N4O5. The first kappa shape index (κ1) is 26.4. The molecule has 0 radical (unpaired) electrons. The van der Waals surface area contributed by atoms with E-state index in [1.807, 2.05) is 20.8 Å².